The Balaban J connectivity index is 0. The molecular weight excluding hydrogens is 246 g/mol. The Morgan fingerprint density at radius 2 is 1.88 bits per heavy atom. The molecule has 1 atom stereocenters. The molecule has 0 aromatic carbocycles. The standard InChI is InChI=1S/C11H21NO4.ClH/c1-8(2)11(15)16-9(6-10(13)14)7-12(3,4)5;/h8-9H,6-7H2,1-5H3;1H/t9-;/m1./s1/i1D3,2D3;. The molecule has 0 aliphatic heterocycles. The summed E-state index contributed by atoms with van der Waals surface area (Å²) in [5.74, 6) is -4.96. The van der Waals surface area contributed by atoms with E-state index in [-0.39, 0.29) is 23.4 Å². The number of halogens is 1. The summed E-state index contributed by atoms with van der Waals surface area (Å²) >= 11 is 0. The second-order valence-corrected chi connectivity index (χ2v) is 4.56. The second-order valence-electron chi connectivity index (χ2n) is 4.56. The van der Waals surface area contributed by atoms with Gasteiger partial charge in [0.15, 0.2) is 6.10 Å². The molecule has 0 aliphatic carbocycles. The number of carboxylic acids is 1. The molecule has 0 radical (unpaired) electrons. The topological polar surface area (TPSA) is 63.6 Å². The van der Waals surface area contributed by atoms with Crippen LogP contribution in [0.2, 0.25) is 0 Å². The van der Waals surface area contributed by atoms with Gasteiger partial charge < -0.3 is 26.7 Å². The van der Waals surface area contributed by atoms with Crippen LogP contribution in [-0.4, -0.2) is 55.3 Å². The number of carbonyl (C=O) groups is 2. The van der Waals surface area contributed by atoms with Gasteiger partial charge in [-0.2, -0.15) is 0 Å². The molecule has 0 aliphatic rings. The van der Waals surface area contributed by atoms with E-state index in [9.17, 15) is 9.59 Å². The number of nitrogens with zero attached hydrogens (tertiary/aromatic N) is 1. The van der Waals surface area contributed by atoms with Crippen LogP contribution in [-0.2, 0) is 14.3 Å². The fourth-order valence-electron chi connectivity index (χ4n) is 1.18. The summed E-state index contributed by atoms with van der Waals surface area (Å²) in [5.41, 5.74) is 0. The molecule has 0 amide bonds. The molecule has 0 aromatic rings. The smallest absolute Gasteiger partial charge is 0.308 e. The van der Waals surface area contributed by atoms with Crippen molar-refractivity contribution >= 4 is 11.9 Å². The van der Waals surface area contributed by atoms with Crippen molar-refractivity contribution in [2.75, 3.05) is 27.7 Å². The lowest BCUT2D eigenvalue weighted by Gasteiger charge is -2.28. The molecule has 102 valence electrons. The fourth-order valence-corrected chi connectivity index (χ4v) is 1.18. The normalized spacial score (nSPS) is 19.5. The predicted octanol–water partition coefficient (Wildman–Crippen LogP) is -2.26. The SMILES string of the molecule is [2H]C([2H])([2H])C(C(=O)O[C@H](CC(=O)O)C[N+](C)(C)C)C([2H])([2H])[2H].[Cl-]. The van der Waals surface area contributed by atoms with E-state index in [1.54, 1.807) is 21.1 Å². The van der Waals surface area contributed by atoms with Crippen molar-refractivity contribution < 1.29 is 44.5 Å². The van der Waals surface area contributed by atoms with Crippen LogP contribution in [0.5, 0.6) is 0 Å². The zero-order valence-electron chi connectivity index (χ0n) is 16.1. The number of esters is 1. The van der Waals surface area contributed by atoms with Crippen LogP contribution in [0.1, 0.15) is 28.3 Å². The summed E-state index contributed by atoms with van der Waals surface area (Å²) < 4.78 is 48.3. The van der Waals surface area contributed by atoms with Gasteiger partial charge in [0, 0.05) is 8.22 Å². The van der Waals surface area contributed by atoms with Gasteiger partial charge in [-0.25, -0.2) is 0 Å². The molecule has 0 heterocycles. The molecule has 5 nitrogen and oxygen atoms in total. The van der Waals surface area contributed by atoms with Gasteiger partial charge >= 0.3 is 11.9 Å². The van der Waals surface area contributed by atoms with Crippen LogP contribution >= 0.6 is 0 Å². The van der Waals surface area contributed by atoms with Gasteiger partial charge in [-0.15, -0.1) is 0 Å². The predicted molar refractivity (Wildman–Crippen MR) is 59.9 cm³/mol. The Hall–Kier alpha value is -0.810. The summed E-state index contributed by atoms with van der Waals surface area (Å²) in [5, 5.41) is 8.83. The van der Waals surface area contributed by atoms with E-state index in [0.717, 1.165) is 0 Å². The molecule has 0 rings (SSSR count). The van der Waals surface area contributed by atoms with Crippen molar-refractivity contribution in [1.82, 2.24) is 0 Å². The summed E-state index contributed by atoms with van der Waals surface area (Å²) in [6.45, 7) is -6.02. The Kier molecular flexibility index (Phi) is 4.04. The van der Waals surface area contributed by atoms with Crippen molar-refractivity contribution in [2.24, 2.45) is 5.92 Å². The highest BCUT2D eigenvalue weighted by atomic mass is 35.5. The van der Waals surface area contributed by atoms with Gasteiger partial charge in [0.25, 0.3) is 0 Å². The number of carboxylic acid groups (broad SMARTS) is 1. The number of quaternary nitrogens is 1. The second kappa shape index (κ2) is 7.50. The minimum Gasteiger partial charge on any atom is -1.00 e. The van der Waals surface area contributed by atoms with Crippen LogP contribution in [0, 0.1) is 5.92 Å². The average Bonchev–Trinajstić information content (AvgIpc) is 2.05. The number of rotatable bonds is 6. The maximum atomic E-state index is 12.0. The van der Waals surface area contributed by atoms with Gasteiger partial charge in [-0.1, -0.05) is 13.7 Å². The molecule has 1 N–H and O–H groups in total. The third kappa shape index (κ3) is 10.1. The fraction of sp³-hybridized carbons (Fsp3) is 0.818. The van der Waals surface area contributed by atoms with E-state index >= 15 is 0 Å². The van der Waals surface area contributed by atoms with E-state index in [2.05, 4.69) is 0 Å². The number of carbonyl (C=O) groups excluding carboxylic acids is 1. The zero-order valence-corrected chi connectivity index (χ0v) is 10.8. The van der Waals surface area contributed by atoms with Gasteiger partial charge in [0.05, 0.1) is 33.5 Å². The lowest BCUT2D eigenvalue weighted by Crippen LogP contribution is -3.00. The van der Waals surface area contributed by atoms with Crippen LogP contribution in [0.4, 0.5) is 0 Å². The van der Waals surface area contributed by atoms with Gasteiger partial charge in [-0.05, 0) is 0 Å². The Morgan fingerprint density at radius 1 is 1.35 bits per heavy atom. The quantitative estimate of drug-likeness (QED) is 0.438. The first kappa shape index (κ1) is 9.16. The third-order valence-corrected chi connectivity index (χ3v) is 1.67. The summed E-state index contributed by atoms with van der Waals surface area (Å²) in [4.78, 5) is 22.8. The molecule has 0 bridgehead atoms. The van der Waals surface area contributed by atoms with E-state index < -0.39 is 44.1 Å². The molecule has 17 heavy (non-hydrogen) atoms. The van der Waals surface area contributed by atoms with E-state index in [1.807, 2.05) is 0 Å². The lowest BCUT2D eigenvalue weighted by atomic mass is 10.2. The highest BCUT2D eigenvalue weighted by Gasteiger charge is 2.25. The van der Waals surface area contributed by atoms with Crippen LogP contribution < -0.4 is 12.4 Å². The molecular formula is C11H22ClNO4. The Bertz CT molecular complexity index is 404. The first-order valence-corrected chi connectivity index (χ1v) is 4.77. The molecule has 0 spiro atoms. The molecule has 0 aromatic heterocycles. The van der Waals surface area contributed by atoms with E-state index in [1.165, 1.54) is 0 Å². The molecule has 0 saturated heterocycles. The first-order valence-electron chi connectivity index (χ1n) is 7.77. The number of aliphatic carboxylic acids is 1. The first-order chi connectivity index (χ1) is 9.54. The van der Waals surface area contributed by atoms with Crippen molar-refractivity contribution in [3.63, 3.8) is 0 Å². The molecule has 6 heteroatoms. The minimum atomic E-state index is -3.06. The molecule has 0 fully saturated rings. The van der Waals surface area contributed by atoms with Crippen molar-refractivity contribution in [3.05, 3.63) is 0 Å². The number of hydrogen-bond acceptors (Lipinski definition) is 3. The molecule has 0 saturated carbocycles. The van der Waals surface area contributed by atoms with Crippen LogP contribution in [0.3, 0.4) is 0 Å². The maximum absolute atomic E-state index is 12.0. The van der Waals surface area contributed by atoms with Crippen LogP contribution in [0.25, 0.3) is 0 Å². The highest BCUT2D eigenvalue weighted by molar-refractivity contribution is 5.73. The van der Waals surface area contributed by atoms with Crippen LogP contribution in [0.15, 0.2) is 0 Å². The van der Waals surface area contributed by atoms with Gasteiger partial charge in [-0.3, -0.25) is 9.59 Å². The summed E-state index contributed by atoms with van der Waals surface area (Å²) in [7, 11) is 5.19. The van der Waals surface area contributed by atoms with Crippen molar-refractivity contribution in [1.29, 1.82) is 0 Å². The minimum absolute atomic E-state index is 0. The largest absolute Gasteiger partial charge is 1.00 e. The summed E-state index contributed by atoms with van der Waals surface area (Å²) in [6, 6.07) is 0. The average molecular weight is 274 g/mol. The number of ether oxygens (including phenoxy) is 1. The maximum Gasteiger partial charge on any atom is 0.308 e. The zero-order chi connectivity index (χ0) is 17.9. The van der Waals surface area contributed by atoms with Gasteiger partial charge in [0.1, 0.15) is 6.54 Å². The molecule has 0 unspecified atom stereocenters. The lowest BCUT2D eigenvalue weighted by molar-refractivity contribution is -0.873. The van der Waals surface area contributed by atoms with Gasteiger partial charge in [0.2, 0.25) is 0 Å². The highest BCUT2D eigenvalue weighted by Crippen LogP contribution is 2.08. The third-order valence-electron chi connectivity index (χ3n) is 1.67. The van der Waals surface area contributed by atoms with E-state index in [4.69, 9.17) is 18.1 Å². The van der Waals surface area contributed by atoms with Crippen molar-refractivity contribution in [2.45, 2.75) is 26.2 Å². The van der Waals surface area contributed by atoms with E-state index in [0.29, 0.717) is 0 Å². The Labute approximate surface area is 117 Å². The number of likely N-dealkylation sites (N-methyl/N-ethyl adjacent to an activating group) is 1. The number of hydrogen-bond donors (Lipinski definition) is 1. The monoisotopic (exact) mass is 273 g/mol. The summed E-state index contributed by atoms with van der Waals surface area (Å²) in [6.07, 6.45) is -1.65. The Morgan fingerprint density at radius 3 is 2.24 bits per heavy atom. The van der Waals surface area contributed by atoms with Crippen molar-refractivity contribution in [3.8, 4) is 0 Å².